The maximum atomic E-state index is 8.70. The maximum Gasteiger partial charge on any atom is 0.247 e. The number of hydrogen-bond acceptors (Lipinski definition) is 8. The topological polar surface area (TPSA) is 120 Å². The van der Waals surface area contributed by atoms with Gasteiger partial charge in [-0.2, -0.15) is 15.2 Å². The van der Waals surface area contributed by atoms with Crippen molar-refractivity contribution in [2.24, 2.45) is 0 Å². The van der Waals surface area contributed by atoms with Crippen LogP contribution in [0, 0.1) is 11.3 Å². The second-order valence-corrected chi connectivity index (χ2v) is 4.69. The van der Waals surface area contributed by atoms with Crippen LogP contribution in [0.25, 0.3) is 22.4 Å². The summed E-state index contributed by atoms with van der Waals surface area (Å²) in [5, 5.41) is 8.70. The van der Waals surface area contributed by atoms with Crippen LogP contribution in [-0.4, -0.2) is 33.1 Å². The molecule has 0 aliphatic carbocycles. The van der Waals surface area contributed by atoms with Gasteiger partial charge in [-0.05, 0) is 19.1 Å². The molecule has 24 heavy (non-hydrogen) atoms. The predicted octanol–water partition coefficient (Wildman–Crippen LogP) is 1.97. The van der Waals surface area contributed by atoms with E-state index in [0.717, 1.165) is 0 Å². The molecule has 0 atom stereocenters. The number of fused-ring (bicyclic) bond motifs is 1. The van der Waals surface area contributed by atoms with Crippen molar-refractivity contribution in [3.05, 3.63) is 30.5 Å². The van der Waals surface area contributed by atoms with E-state index in [-0.39, 0.29) is 18.4 Å². The molecule has 1 aromatic carbocycles. The minimum absolute atomic E-state index is 0.0537. The molecule has 0 aliphatic heterocycles. The zero-order valence-corrected chi connectivity index (χ0v) is 12.9. The van der Waals surface area contributed by atoms with E-state index in [1.54, 1.807) is 12.3 Å². The molecule has 0 bridgehead atoms. The lowest BCUT2D eigenvalue weighted by Gasteiger charge is -2.10. The normalized spacial score (nSPS) is 10.3. The molecule has 0 saturated heterocycles. The first kappa shape index (κ1) is 15.4. The number of benzene rings is 1. The van der Waals surface area contributed by atoms with E-state index < -0.39 is 0 Å². The van der Waals surface area contributed by atoms with Crippen LogP contribution >= 0.6 is 0 Å². The predicted molar refractivity (Wildman–Crippen MR) is 87.3 cm³/mol. The van der Waals surface area contributed by atoms with Gasteiger partial charge in [-0.3, -0.25) is 0 Å². The lowest BCUT2D eigenvalue weighted by molar-refractivity contribution is 0.330. The molecule has 120 valence electrons. The summed E-state index contributed by atoms with van der Waals surface area (Å²) < 4.78 is 10.9. The van der Waals surface area contributed by atoms with E-state index in [4.69, 9.17) is 20.5 Å². The summed E-state index contributed by atoms with van der Waals surface area (Å²) in [6, 6.07) is 9.21. The molecule has 8 nitrogen and oxygen atoms in total. The highest BCUT2D eigenvalue weighted by Crippen LogP contribution is 2.30. The van der Waals surface area contributed by atoms with Crippen LogP contribution in [0.15, 0.2) is 30.5 Å². The summed E-state index contributed by atoms with van der Waals surface area (Å²) in [5.74, 6) is 0.901. The highest BCUT2D eigenvalue weighted by Gasteiger charge is 2.14. The largest absolute Gasteiger partial charge is 0.478 e. The van der Waals surface area contributed by atoms with Gasteiger partial charge in [-0.15, -0.1) is 0 Å². The van der Waals surface area contributed by atoms with Gasteiger partial charge in [0.05, 0.1) is 18.5 Å². The fourth-order valence-corrected chi connectivity index (χ4v) is 2.18. The summed E-state index contributed by atoms with van der Waals surface area (Å²) in [6.07, 6.45) is 1.57. The smallest absolute Gasteiger partial charge is 0.247 e. The molecule has 2 N–H and O–H groups in total. The number of ether oxygens (including phenoxy) is 2. The van der Waals surface area contributed by atoms with Gasteiger partial charge in [0.15, 0.2) is 17.8 Å². The number of nitrogens with zero attached hydrogens (tertiary/aromatic N) is 5. The SMILES string of the molecule is CCOc1nc(N)nc2ncc(-c3ccccc3OCC#N)nc12. The van der Waals surface area contributed by atoms with E-state index >= 15 is 0 Å². The van der Waals surface area contributed by atoms with Crippen molar-refractivity contribution in [3.63, 3.8) is 0 Å². The lowest BCUT2D eigenvalue weighted by atomic mass is 10.1. The van der Waals surface area contributed by atoms with E-state index in [2.05, 4.69) is 19.9 Å². The Morgan fingerprint density at radius 1 is 1.17 bits per heavy atom. The third-order valence-corrected chi connectivity index (χ3v) is 3.13. The Bertz CT molecular complexity index is 922. The average molecular weight is 322 g/mol. The van der Waals surface area contributed by atoms with Crippen molar-refractivity contribution in [1.29, 1.82) is 5.26 Å². The molecule has 3 aromatic rings. The number of aromatic nitrogens is 4. The number of nitrogen functional groups attached to an aromatic ring is 1. The van der Waals surface area contributed by atoms with E-state index in [1.807, 2.05) is 31.2 Å². The van der Waals surface area contributed by atoms with Crippen molar-refractivity contribution in [3.8, 4) is 29.0 Å². The zero-order valence-electron chi connectivity index (χ0n) is 12.9. The monoisotopic (exact) mass is 322 g/mol. The minimum Gasteiger partial charge on any atom is -0.478 e. The molecule has 0 unspecified atom stereocenters. The van der Waals surface area contributed by atoms with Crippen molar-refractivity contribution in [2.45, 2.75) is 6.92 Å². The first-order chi connectivity index (χ1) is 11.7. The van der Waals surface area contributed by atoms with Gasteiger partial charge in [0.2, 0.25) is 11.8 Å². The molecule has 8 heteroatoms. The van der Waals surface area contributed by atoms with Crippen LogP contribution in [0.4, 0.5) is 5.95 Å². The number of anilines is 1. The van der Waals surface area contributed by atoms with Gasteiger partial charge in [-0.1, -0.05) is 12.1 Å². The second kappa shape index (κ2) is 6.75. The Kier molecular flexibility index (Phi) is 4.34. The fraction of sp³-hybridized carbons (Fsp3) is 0.188. The first-order valence-electron chi connectivity index (χ1n) is 7.25. The van der Waals surface area contributed by atoms with Gasteiger partial charge >= 0.3 is 0 Å². The number of nitriles is 1. The van der Waals surface area contributed by atoms with Gasteiger partial charge < -0.3 is 15.2 Å². The summed E-state index contributed by atoms with van der Waals surface area (Å²) in [5.41, 5.74) is 7.70. The molecule has 0 radical (unpaired) electrons. The quantitative estimate of drug-likeness (QED) is 0.757. The molecule has 0 aliphatic rings. The minimum atomic E-state index is -0.0537. The molecular weight excluding hydrogens is 308 g/mol. The molecule has 2 heterocycles. The van der Waals surface area contributed by atoms with Crippen LogP contribution in [-0.2, 0) is 0 Å². The van der Waals surface area contributed by atoms with Gasteiger partial charge in [-0.25, -0.2) is 9.97 Å². The van der Waals surface area contributed by atoms with Gasteiger partial charge in [0.25, 0.3) is 0 Å². The summed E-state index contributed by atoms with van der Waals surface area (Å²) in [6.45, 7) is 2.20. The standard InChI is InChI=1S/C16H14N6O2/c1-2-23-15-13-14(21-16(18)22-15)19-9-11(20-13)10-5-3-4-6-12(10)24-8-7-17/h3-6,9H,2,8H2,1H3,(H2,18,19,21,22). The van der Waals surface area contributed by atoms with Crippen molar-refractivity contribution >= 4 is 17.1 Å². The molecule has 0 fully saturated rings. The van der Waals surface area contributed by atoms with Gasteiger partial charge in [0, 0.05) is 5.56 Å². The Morgan fingerprint density at radius 3 is 2.79 bits per heavy atom. The fourth-order valence-electron chi connectivity index (χ4n) is 2.18. The van der Waals surface area contributed by atoms with Crippen molar-refractivity contribution in [1.82, 2.24) is 19.9 Å². The highest BCUT2D eigenvalue weighted by atomic mass is 16.5. The molecule has 0 saturated carbocycles. The Balaban J connectivity index is 2.13. The lowest BCUT2D eigenvalue weighted by Crippen LogP contribution is -2.04. The average Bonchev–Trinajstić information content (AvgIpc) is 2.60. The third-order valence-electron chi connectivity index (χ3n) is 3.13. The third kappa shape index (κ3) is 3.01. The summed E-state index contributed by atoms with van der Waals surface area (Å²) >= 11 is 0. The zero-order chi connectivity index (χ0) is 16.9. The number of rotatable bonds is 5. The number of para-hydroxylation sites is 1. The van der Waals surface area contributed by atoms with Crippen LogP contribution in [0.5, 0.6) is 11.6 Å². The molecule has 3 rings (SSSR count). The molecular formula is C16H14N6O2. The van der Waals surface area contributed by atoms with E-state index in [1.165, 1.54) is 0 Å². The summed E-state index contributed by atoms with van der Waals surface area (Å²) in [7, 11) is 0. The van der Waals surface area contributed by atoms with Crippen LogP contribution < -0.4 is 15.2 Å². The Labute approximate surface area is 137 Å². The van der Waals surface area contributed by atoms with Gasteiger partial charge in [0.1, 0.15) is 11.8 Å². The number of hydrogen-bond donors (Lipinski definition) is 1. The van der Waals surface area contributed by atoms with E-state index in [9.17, 15) is 0 Å². The first-order valence-corrected chi connectivity index (χ1v) is 7.25. The van der Waals surface area contributed by atoms with Crippen molar-refractivity contribution < 1.29 is 9.47 Å². The van der Waals surface area contributed by atoms with Crippen LogP contribution in [0.3, 0.4) is 0 Å². The second-order valence-electron chi connectivity index (χ2n) is 4.69. The molecule has 2 aromatic heterocycles. The van der Waals surface area contributed by atoms with Crippen LogP contribution in [0.2, 0.25) is 0 Å². The highest BCUT2D eigenvalue weighted by molar-refractivity contribution is 5.80. The summed E-state index contributed by atoms with van der Waals surface area (Å²) in [4.78, 5) is 17.0. The Morgan fingerprint density at radius 2 is 2.00 bits per heavy atom. The Hall–Kier alpha value is -3.47. The molecule has 0 spiro atoms. The van der Waals surface area contributed by atoms with Crippen molar-refractivity contribution in [2.75, 3.05) is 18.9 Å². The van der Waals surface area contributed by atoms with Crippen LogP contribution in [0.1, 0.15) is 6.92 Å². The van der Waals surface area contributed by atoms with E-state index in [0.29, 0.717) is 34.8 Å². The maximum absolute atomic E-state index is 8.70. The molecule has 0 amide bonds. The number of nitrogens with two attached hydrogens (primary N) is 1.